The van der Waals surface area contributed by atoms with Crippen molar-refractivity contribution in [3.63, 3.8) is 0 Å². The molecule has 0 radical (unpaired) electrons. The van der Waals surface area contributed by atoms with Crippen LogP contribution in [0.3, 0.4) is 0 Å². The summed E-state index contributed by atoms with van der Waals surface area (Å²) in [6, 6.07) is 0.549. The van der Waals surface area contributed by atoms with Gasteiger partial charge < -0.3 is 10.2 Å². The minimum atomic E-state index is 0.549. The number of rotatable bonds is 5. The first-order chi connectivity index (χ1) is 9.78. The normalized spacial score (nSPS) is 23.8. The molecule has 1 saturated heterocycles. The van der Waals surface area contributed by atoms with Crippen molar-refractivity contribution in [3.8, 4) is 0 Å². The topological polar surface area (TPSA) is 65.7 Å². The van der Waals surface area contributed by atoms with Crippen LogP contribution in [-0.2, 0) is 0 Å². The number of hydrazine groups is 1. The molecule has 5 nitrogen and oxygen atoms in total. The highest BCUT2D eigenvalue weighted by Crippen LogP contribution is 2.17. The zero-order valence-corrected chi connectivity index (χ0v) is 12.9. The molecule has 20 heavy (non-hydrogen) atoms. The first-order valence-corrected chi connectivity index (χ1v) is 8.28. The molecule has 2 rings (SSSR count). The van der Waals surface area contributed by atoms with Crippen LogP contribution in [-0.4, -0.2) is 43.1 Å². The van der Waals surface area contributed by atoms with Gasteiger partial charge >= 0.3 is 0 Å². The molecule has 1 saturated carbocycles. The van der Waals surface area contributed by atoms with Crippen LogP contribution in [0.4, 0.5) is 0 Å². The largest absolute Gasteiger partial charge is 0.353 e. The van der Waals surface area contributed by atoms with Gasteiger partial charge in [0, 0.05) is 19.1 Å². The van der Waals surface area contributed by atoms with Crippen molar-refractivity contribution in [1.29, 1.82) is 0 Å². The molecule has 0 aromatic rings. The Morgan fingerprint density at radius 3 is 2.55 bits per heavy atom. The van der Waals surface area contributed by atoms with E-state index in [1.54, 1.807) is 0 Å². The van der Waals surface area contributed by atoms with Crippen LogP contribution in [0, 0.1) is 5.92 Å². The van der Waals surface area contributed by atoms with E-state index in [9.17, 15) is 0 Å². The Hall–Kier alpha value is -0.810. The summed E-state index contributed by atoms with van der Waals surface area (Å²) in [5, 5.41) is 3.45. The summed E-state index contributed by atoms with van der Waals surface area (Å²) in [7, 11) is 0. The lowest BCUT2D eigenvalue weighted by atomic mass is 9.96. The summed E-state index contributed by atoms with van der Waals surface area (Å²) in [6.07, 6.45) is 9.20. The summed E-state index contributed by atoms with van der Waals surface area (Å²) in [5.41, 5.74) is 2.72. The third-order valence-electron chi connectivity index (χ3n) is 4.41. The van der Waals surface area contributed by atoms with Crippen molar-refractivity contribution in [1.82, 2.24) is 15.6 Å². The van der Waals surface area contributed by atoms with Gasteiger partial charge in [0.05, 0.1) is 0 Å². The van der Waals surface area contributed by atoms with E-state index < -0.39 is 0 Å². The van der Waals surface area contributed by atoms with E-state index in [-0.39, 0.29) is 0 Å². The number of likely N-dealkylation sites (tertiary alicyclic amines) is 1. The maximum absolute atomic E-state index is 5.59. The Morgan fingerprint density at radius 2 is 1.90 bits per heavy atom. The van der Waals surface area contributed by atoms with Crippen LogP contribution in [0.1, 0.15) is 51.9 Å². The highest BCUT2D eigenvalue weighted by Gasteiger charge is 2.16. The van der Waals surface area contributed by atoms with Crippen molar-refractivity contribution >= 4 is 5.96 Å². The molecule has 1 heterocycles. The molecule has 0 aromatic heterocycles. The Bertz CT molecular complexity index is 293. The second-order valence-electron chi connectivity index (χ2n) is 6.43. The molecule has 116 valence electrons. The number of hydrogen-bond acceptors (Lipinski definition) is 3. The quantitative estimate of drug-likeness (QED) is 0.309. The molecule has 2 aliphatic rings. The second-order valence-corrected chi connectivity index (χ2v) is 6.43. The van der Waals surface area contributed by atoms with Gasteiger partial charge in [-0.25, -0.2) is 5.84 Å². The molecular weight excluding hydrogens is 250 g/mol. The van der Waals surface area contributed by atoms with E-state index >= 15 is 0 Å². The Kier molecular flexibility index (Phi) is 6.60. The van der Waals surface area contributed by atoms with Crippen molar-refractivity contribution in [2.24, 2.45) is 16.8 Å². The molecule has 2 fully saturated rings. The van der Waals surface area contributed by atoms with Gasteiger partial charge in [-0.15, -0.1) is 0 Å². The van der Waals surface area contributed by atoms with Gasteiger partial charge in [-0.1, -0.05) is 26.2 Å². The van der Waals surface area contributed by atoms with E-state index in [1.165, 1.54) is 58.0 Å². The Labute approximate surface area is 123 Å². The molecule has 0 spiro atoms. The SMILES string of the molecule is CC(CN=C(NN)NC1CCCCC1)CN1CCCC1. The van der Waals surface area contributed by atoms with E-state index in [0.29, 0.717) is 12.0 Å². The number of nitrogens with one attached hydrogen (secondary N) is 2. The lowest BCUT2D eigenvalue weighted by Crippen LogP contribution is -2.47. The van der Waals surface area contributed by atoms with Crippen LogP contribution in [0.2, 0.25) is 0 Å². The number of nitrogens with zero attached hydrogens (tertiary/aromatic N) is 2. The number of hydrogen-bond donors (Lipinski definition) is 3. The highest BCUT2D eigenvalue weighted by molar-refractivity contribution is 5.79. The Morgan fingerprint density at radius 1 is 1.20 bits per heavy atom. The van der Waals surface area contributed by atoms with Crippen molar-refractivity contribution < 1.29 is 0 Å². The molecule has 1 aliphatic carbocycles. The predicted molar refractivity (Wildman–Crippen MR) is 84.5 cm³/mol. The van der Waals surface area contributed by atoms with Gasteiger partial charge in [-0.05, 0) is 44.7 Å². The molecule has 1 aliphatic heterocycles. The first kappa shape index (κ1) is 15.6. The van der Waals surface area contributed by atoms with E-state index in [2.05, 4.69) is 27.6 Å². The molecular formula is C15H31N5. The minimum absolute atomic E-state index is 0.549. The molecule has 0 bridgehead atoms. The summed E-state index contributed by atoms with van der Waals surface area (Å²) >= 11 is 0. The van der Waals surface area contributed by atoms with Crippen LogP contribution >= 0.6 is 0 Å². The van der Waals surface area contributed by atoms with E-state index in [0.717, 1.165) is 19.0 Å². The zero-order chi connectivity index (χ0) is 14.2. The fraction of sp³-hybridized carbons (Fsp3) is 0.933. The lowest BCUT2D eigenvalue weighted by molar-refractivity contribution is 0.291. The van der Waals surface area contributed by atoms with Gasteiger partial charge in [-0.2, -0.15) is 0 Å². The van der Waals surface area contributed by atoms with E-state index in [4.69, 9.17) is 5.84 Å². The number of nitrogens with two attached hydrogens (primary N) is 1. The van der Waals surface area contributed by atoms with Crippen LogP contribution < -0.4 is 16.6 Å². The second kappa shape index (κ2) is 8.47. The number of aliphatic imine (C=N–C) groups is 1. The molecule has 1 atom stereocenters. The van der Waals surface area contributed by atoms with Crippen LogP contribution in [0.25, 0.3) is 0 Å². The standard InChI is InChI=1S/C15H31N5/c1-13(12-20-9-5-6-10-20)11-17-15(19-16)18-14-7-3-2-4-8-14/h13-14H,2-12,16H2,1H3,(H2,17,18,19). The fourth-order valence-electron chi connectivity index (χ4n) is 3.28. The molecule has 5 heteroatoms. The molecule has 1 unspecified atom stereocenters. The maximum atomic E-state index is 5.59. The van der Waals surface area contributed by atoms with Crippen molar-refractivity contribution in [2.45, 2.75) is 57.9 Å². The summed E-state index contributed by atoms with van der Waals surface area (Å²) in [6.45, 7) is 6.80. The van der Waals surface area contributed by atoms with Gasteiger partial charge in [0.2, 0.25) is 5.96 Å². The third kappa shape index (κ3) is 5.29. The van der Waals surface area contributed by atoms with Gasteiger partial charge in [0.25, 0.3) is 0 Å². The zero-order valence-electron chi connectivity index (χ0n) is 12.9. The summed E-state index contributed by atoms with van der Waals surface area (Å²) in [5.74, 6) is 6.94. The molecule has 0 aromatic carbocycles. The Balaban J connectivity index is 1.71. The smallest absolute Gasteiger partial charge is 0.205 e. The average Bonchev–Trinajstić information content (AvgIpc) is 2.97. The molecule has 0 amide bonds. The average molecular weight is 281 g/mol. The van der Waals surface area contributed by atoms with Gasteiger partial charge in [-0.3, -0.25) is 10.4 Å². The maximum Gasteiger partial charge on any atom is 0.205 e. The summed E-state index contributed by atoms with van der Waals surface area (Å²) < 4.78 is 0. The minimum Gasteiger partial charge on any atom is -0.353 e. The van der Waals surface area contributed by atoms with Crippen molar-refractivity contribution in [2.75, 3.05) is 26.2 Å². The first-order valence-electron chi connectivity index (χ1n) is 8.28. The monoisotopic (exact) mass is 281 g/mol. The van der Waals surface area contributed by atoms with E-state index in [1.807, 2.05) is 0 Å². The van der Waals surface area contributed by atoms with Crippen LogP contribution in [0.5, 0.6) is 0 Å². The van der Waals surface area contributed by atoms with Crippen LogP contribution in [0.15, 0.2) is 4.99 Å². The predicted octanol–water partition coefficient (Wildman–Crippen LogP) is 1.46. The highest BCUT2D eigenvalue weighted by atomic mass is 15.3. The van der Waals surface area contributed by atoms with Gasteiger partial charge in [0.1, 0.15) is 0 Å². The molecule has 4 N–H and O–H groups in total. The van der Waals surface area contributed by atoms with Crippen molar-refractivity contribution in [3.05, 3.63) is 0 Å². The third-order valence-corrected chi connectivity index (χ3v) is 4.41. The summed E-state index contributed by atoms with van der Waals surface area (Å²) in [4.78, 5) is 7.17. The number of guanidine groups is 1. The fourth-order valence-corrected chi connectivity index (χ4v) is 3.28. The lowest BCUT2D eigenvalue weighted by Gasteiger charge is -2.24. The van der Waals surface area contributed by atoms with Gasteiger partial charge in [0.15, 0.2) is 0 Å².